The van der Waals surface area contributed by atoms with Crippen molar-refractivity contribution >= 4 is 16.5 Å². The second-order valence-electron chi connectivity index (χ2n) is 5.37. The molecule has 0 aliphatic rings. The van der Waals surface area contributed by atoms with Gasteiger partial charge in [0.1, 0.15) is 0 Å². The zero-order valence-electron chi connectivity index (χ0n) is 12.2. The second kappa shape index (κ2) is 7.71. The number of aromatic nitrogens is 1. The van der Waals surface area contributed by atoms with E-state index in [1.54, 1.807) is 11.3 Å². The number of rotatable bonds is 8. The van der Waals surface area contributed by atoms with Gasteiger partial charge in [-0.15, -0.1) is 11.3 Å². The van der Waals surface area contributed by atoms with Crippen molar-refractivity contribution in [3.8, 4) is 0 Å². The number of likely N-dealkylation sites (N-methyl/N-ethyl adjacent to an activating group) is 2. The Kier molecular flexibility index (Phi) is 6.60. The van der Waals surface area contributed by atoms with Gasteiger partial charge in [0, 0.05) is 32.1 Å². The summed E-state index contributed by atoms with van der Waals surface area (Å²) in [7, 11) is 6.29. The van der Waals surface area contributed by atoms with Crippen LogP contribution in [0.4, 0.5) is 5.13 Å². The highest BCUT2D eigenvalue weighted by Gasteiger charge is 2.07. The molecule has 1 heterocycles. The van der Waals surface area contributed by atoms with E-state index in [2.05, 4.69) is 60.5 Å². The molecule has 0 aliphatic carbocycles. The van der Waals surface area contributed by atoms with Gasteiger partial charge < -0.3 is 15.1 Å². The van der Waals surface area contributed by atoms with Crippen molar-refractivity contribution in [3.63, 3.8) is 0 Å². The lowest BCUT2D eigenvalue weighted by molar-refractivity contribution is 0.416. The lowest BCUT2D eigenvalue weighted by Gasteiger charge is -2.18. The van der Waals surface area contributed by atoms with Gasteiger partial charge in [-0.25, -0.2) is 4.98 Å². The van der Waals surface area contributed by atoms with Gasteiger partial charge in [0.15, 0.2) is 5.13 Å². The summed E-state index contributed by atoms with van der Waals surface area (Å²) in [5, 5.41) is 6.68. The van der Waals surface area contributed by atoms with Crippen molar-refractivity contribution in [1.82, 2.24) is 15.2 Å². The van der Waals surface area contributed by atoms with Gasteiger partial charge >= 0.3 is 0 Å². The van der Waals surface area contributed by atoms with Crippen LogP contribution in [0.2, 0.25) is 0 Å². The summed E-state index contributed by atoms with van der Waals surface area (Å²) in [4.78, 5) is 9.06. The highest BCUT2D eigenvalue weighted by atomic mass is 32.1. The van der Waals surface area contributed by atoms with Gasteiger partial charge in [-0.3, -0.25) is 0 Å². The molecule has 5 heteroatoms. The van der Waals surface area contributed by atoms with Crippen molar-refractivity contribution in [2.45, 2.75) is 20.4 Å². The maximum Gasteiger partial charge on any atom is 0.185 e. The van der Waals surface area contributed by atoms with Crippen molar-refractivity contribution in [3.05, 3.63) is 11.1 Å². The molecule has 4 nitrogen and oxygen atoms in total. The van der Waals surface area contributed by atoms with E-state index in [1.807, 2.05) is 0 Å². The first-order chi connectivity index (χ1) is 8.49. The standard InChI is InChI=1S/C13H26N4S/c1-11(2)8-14-9-12-10-18-13(15-12)17(5)7-6-16(3)4/h10-11,14H,6-9H2,1-5H3. The SMILES string of the molecule is CC(C)CNCc1csc(N(C)CCN(C)C)n1. The average molecular weight is 270 g/mol. The molecule has 0 radical (unpaired) electrons. The molecule has 1 aromatic rings. The second-order valence-corrected chi connectivity index (χ2v) is 6.21. The summed E-state index contributed by atoms with van der Waals surface area (Å²) in [6.07, 6.45) is 0. The number of thiazole rings is 1. The van der Waals surface area contributed by atoms with Crippen LogP contribution in [-0.4, -0.2) is 50.7 Å². The van der Waals surface area contributed by atoms with Crippen molar-refractivity contribution in [2.75, 3.05) is 45.7 Å². The Hall–Kier alpha value is -0.650. The van der Waals surface area contributed by atoms with Crippen molar-refractivity contribution < 1.29 is 0 Å². The molecule has 0 saturated heterocycles. The maximum atomic E-state index is 4.65. The molecule has 18 heavy (non-hydrogen) atoms. The number of hydrogen-bond donors (Lipinski definition) is 1. The third kappa shape index (κ3) is 5.80. The van der Waals surface area contributed by atoms with Gasteiger partial charge in [-0.05, 0) is 26.6 Å². The van der Waals surface area contributed by atoms with Crippen LogP contribution < -0.4 is 10.2 Å². The minimum absolute atomic E-state index is 0.686. The first-order valence-electron chi connectivity index (χ1n) is 6.50. The largest absolute Gasteiger partial charge is 0.350 e. The zero-order valence-corrected chi connectivity index (χ0v) is 13.0. The van der Waals surface area contributed by atoms with Gasteiger partial charge in [0.25, 0.3) is 0 Å². The fourth-order valence-electron chi connectivity index (χ4n) is 1.49. The van der Waals surface area contributed by atoms with Crippen LogP contribution in [0, 0.1) is 5.92 Å². The molecular weight excluding hydrogens is 244 g/mol. The Balaban J connectivity index is 2.37. The zero-order chi connectivity index (χ0) is 13.5. The minimum atomic E-state index is 0.686. The first-order valence-corrected chi connectivity index (χ1v) is 7.38. The number of anilines is 1. The van der Waals surface area contributed by atoms with E-state index < -0.39 is 0 Å². The van der Waals surface area contributed by atoms with E-state index in [0.717, 1.165) is 37.0 Å². The van der Waals surface area contributed by atoms with Crippen LogP contribution >= 0.6 is 11.3 Å². The number of hydrogen-bond acceptors (Lipinski definition) is 5. The Bertz CT molecular complexity index is 335. The molecule has 1 aromatic heterocycles. The molecule has 1 rings (SSSR count). The van der Waals surface area contributed by atoms with Crippen LogP contribution in [0.1, 0.15) is 19.5 Å². The van der Waals surface area contributed by atoms with Crippen LogP contribution in [-0.2, 0) is 6.54 Å². The van der Waals surface area contributed by atoms with Crippen LogP contribution in [0.15, 0.2) is 5.38 Å². The predicted octanol–water partition coefficient (Wildman–Crippen LogP) is 1.89. The molecule has 0 amide bonds. The highest BCUT2D eigenvalue weighted by molar-refractivity contribution is 7.13. The van der Waals surface area contributed by atoms with Gasteiger partial charge in [-0.2, -0.15) is 0 Å². The molecule has 0 aromatic carbocycles. The quantitative estimate of drug-likeness (QED) is 0.781. The molecule has 0 bridgehead atoms. The summed E-state index contributed by atoms with van der Waals surface area (Å²) >= 11 is 1.72. The van der Waals surface area contributed by atoms with E-state index in [4.69, 9.17) is 0 Å². The number of nitrogens with zero attached hydrogens (tertiary/aromatic N) is 3. The monoisotopic (exact) mass is 270 g/mol. The maximum absolute atomic E-state index is 4.65. The molecule has 0 atom stereocenters. The van der Waals surface area contributed by atoms with Crippen molar-refractivity contribution in [2.24, 2.45) is 5.92 Å². The molecule has 0 saturated carbocycles. The number of nitrogens with one attached hydrogen (secondary N) is 1. The molecular formula is C13H26N4S. The molecule has 1 N–H and O–H groups in total. The van der Waals surface area contributed by atoms with Gasteiger partial charge in [-0.1, -0.05) is 13.8 Å². The fraction of sp³-hybridized carbons (Fsp3) is 0.769. The third-order valence-electron chi connectivity index (χ3n) is 2.61. The molecule has 0 fully saturated rings. The van der Waals surface area contributed by atoms with E-state index in [0.29, 0.717) is 5.92 Å². The smallest absolute Gasteiger partial charge is 0.185 e. The summed E-state index contributed by atoms with van der Waals surface area (Å²) in [5.41, 5.74) is 1.15. The molecule has 0 aliphatic heterocycles. The summed E-state index contributed by atoms with van der Waals surface area (Å²) in [6.45, 7) is 8.42. The Morgan fingerprint density at radius 1 is 1.28 bits per heavy atom. The Morgan fingerprint density at radius 3 is 2.61 bits per heavy atom. The summed E-state index contributed by atoms with van der Waals surface area (Å²) < 4.78 is 0. The van der Waals surface area contributed by atoms with E-state index in [9.17, 15) is 0 Å². The summed E-state index contributed by atoms with van der Waals surface area (Å²) in [6, 6.07) is 0. The predicted molar refractivity (Wildman–Crippen MR) is 80.5 cm³/mol. The van der Waals surface area contributed by atoms with E-state index >= 15 is 0 Å². The summed E-state index contributed by atoms with van der Waals surface area (Å²) in [5.74, 6) is 0.686. The third-order valence-corrected chi connectivity index (χ3v) is 3.61. The first kappa shape index (κ1) is 15.4. The lowest BCUT2D eigenvalue weighted by Crippen LogP contribution is -2.28. The normalized spacial score (nSPS) is 11.5. The van der Waals surface area contributed by atoms with Gasteiger partial charge in [0.2, 0.25) is 0 Å². The fourth-order valence-corrected chi connectivity index (χ4v) is 2.31. The van der Waals surface area contributed by atoms with Crippen LogP contribution in [0.25, 0.3) is 0 Å². The van der Waals surface area contributed by atoms with Gasteiger partial charge in [0.05, 0.1) is 5.69 Å². The van der Waals surface area contributed by atoms with E-state index in [1.165, 1.54) is 0 Å². The van der Waals surface area contributed by atoms with Crippen LogP contribution in [0.3, 0.4) is 0 Å². The molecule has 0 unspecified atom stereocenters. The Morgan fingerprint density at radius 2 is 2.00 bits per heavy atom. The topological polar surface area (TPSA) is 31.4 Å². The van der Waals surface area contributed by atoms with Crippen molar-refractivity contribution in [1.29, 1.82) is 0 Å². The lowest BCUT2D eigenvalue weighted by atomic mass is 10.2. The Labute approximate surface area is 115 Å². The van der Waals surface area contributed by atoms with Crippen LogP contribution in [0.5, 0.6) is 0 Å². The molecule has 104 valence electrons. The highest BCUT2D eigenvalue weighted by Crippen LogP contribution is 2.18. The van der Waals surface area contributed by atoms with E-state index in [-0.39, 0.29) is 0 Å². The minimum Gasteiger partial charge on any atom is -0.350 e. The molecule has 0 spiro atoms. The average Bonchev–Trinajstić information content (AvgIpc) is 2.74.